The Kier molecular flexibility index (Phi) is 3.52. The summed E-state index contributed by atoms with van der Waals surface area (Å²) in [5.74, 6) is -0.0113. The molecule has 1 aliphatic heterocycles. The van der Waals surface area contributed by atoms with Gasteiger partial charge < -0.3 is 14.4 Å². The van der Waals surface area contributed by atoms with Crippen molar-refractivity contribution < 1.29 is 9.90 Å². The summed E-state index contributed by atoms with van der Waals surface area (Å²) in [7, 11) is 0. The Hall–Kier alpha value is -2.14. The number of aromatic nitrogens is 2. The molecule has 104 valence electrons. The second kappa shape index (κ2) is 5.46. The number of carbonyl (C=O) groups is 1. The first-order chi connectivity index (χ1) is 9.74. The molecule has 0 unspecified atom stereocenters. The van der Waals surface area contributed by atoms with Crippen LogP contribution < -0.4 is 0 Å². The van der Waals surface area contributed by atoms with E-state index >= 15 is 0 Å². The maximum absolute atomic E-state index is 12.1. The van der Waals surface area contributed by atoms with Gasteiger partial charge in [-0.3, -0.25) is 4.79 Å². The molecule has 0 bridgehead atoms. The molecule has 5 nitrogen and oxygen atoms in total. The van der Waals surface area contributed by atoms with E-state index in [1.54, 1.807) is 23.2 Å². The molecule has 5 heteroatoms. The number of hydrogen-bond acceptors (Lipinski definition) is 3. The van der Waals surface area contributed by atoms with Crippen molar-refractivity contribution in [2.45, 2.75) is 18.9 Å². The number of likely N-dealkylation sites (tertiary alicyclic amines) is 1. The number of pyridine rings is 1. The number of nitrogens with zero attached hydrogens (tertiary/aromatic N) is 3. The molecule has 1 amide bonds. The van der Waals surface area contributed by atoms with Crippen molar-refractivity contribution in [3.63, 3.8) is 0 Å². The smallest absolute Gasteiger partial charge is 0.246 e. The Labute approximate surface area is 117 Å². The van der Waals surface area contributed by atoms with E-state index in [4.69, 9.17) is 0 Å². The van der Waals surface area contributed by atoms with E-state index < -0.39 is 0 Å². The van der Waals surface area contributed by atoms with Gasteiger partial charge in [0, 0.05) is 25.4 Å². The first-order valence-electron chi connectivity index (χ1n) is 6.81. The monoisotopic (exact) mass is 271 g/mol. The highest BCUT2D eigenvalue weighted by molar-refractivity contribution is 5.91. The van der Waals surface area contributed by atoms with Gasteiger partial charge >= 0.3 is 0 Å². The lowest BCUT2D eigenvalue weighted by Crippen LogP contribution is -2.39. The van der Waals surface area contributed by atoms with Crippen LogP contribution in [0.25, 0.3) is 11.7 Å². The van der Waals surface area contributed by atoms with Crippen molar-refractivity contribution in [3.8, 4) is 0 Å². The Morgan fingerprint density at radius 1 is 1.35 bits per heavy atom. The van der Waals surface area contributed by atoms with Crippen LogP contribution in [-0.2, 0) is 4.79 Å². The number of carbonyl (C=O) groups excluding carboxylic acids is 1. The Bertz CT molecular complexity index is 639. The zero-order valence-corrected chi connectivity index (χ0v) is 11.1. The summed E-state index contributed by atoms with van der Waals surface area (Å²) in [6.45, 7) is 1.25. The molecule has 3 heterocycles. The predicted octanol–water partition coefficient (Wildman–Crippen LogP) is 1.33. The molecule has 1 aliphatic rings. The molecule has 1 fully saturated rings. The minimum Gasteiger partial charge on any atom is -0.393 e. The van der Waals surface area contributed by atoms with Crippen molar-refractivity contribution >= 4 is 17.6 Å². The van der Waals surface area contributed by atoms with Crippen molar-refractivity contribution in [2.24, 2.45) is 0 Å². The van der Waals surface area contributed by atoms with E-state index in [2.05, 4.69) is 4.98 Å². The van der Waals surface area contributed by atoms with E-state index in [0.717, 1.165) is 11.3 Å². The number of fused-ring (bicyclic) bond motifs is 1. The highest BCUT2D eigenvalue weighted by Crippen LogP contribution is 2.12. The van der Waals surface area contributed by atoms with Gasteiger partial charge in [0.1, 0.15) is 5.65 Å². The van der Waals surface area contributed by atoms with Crippen molar-refractivity contribution in [1.29, 1.82) is 0 Å². The molecule has 0 aromatic carbocycles. The van der Waals surface area contributed by atoms with E-state index in [9.17, 15) is 9.90 Å². The molecule has 2 aromatic rings. The Morgan fingerprint density at radius 3 is 2.95 bits per heavy atom. The minimum atomic E-state index is -0.262. The quantitative estimate of drug-likeness (QED) is 0.838. The van der Waals surface area contributed by atoms with Gasteiger partial charge in [0.15, 0.2) is 0 Å². The minimum absolute atomic E-state index is 0.0113. The van der Waals surface area contributed by atoms with Gasteiger partial charge in [0.2, 0.25) is 5.91 Å². The standard InChI is InChI=1S/C15H17N3O2/c19-13-6-9-17(10-7-13)15(20)5-4-12-11-16-14-3-1-2-8-18(12)14/h1-5,8,11,13,19H,6-7,9-10H2/b5-4+. The van der Waals surface area contributed by atoms with Gasteiger partial charge in [0.05, 0.1) is 18.0 Å². The van der Waals surface area contributed by atoms with Crippen LogP contribution in [0.5, 0.6) is 0 Å². The molecule has 0 radical (unpaired) electrons. The lowest BCUT2D eigenvalue weighted by Gasteiger charge is -2.28. The van der Waals surface area contributed by atoms with E-state index in [1.807, 2.05) is 28.8 Å². The van der Waals surface area contributed by atoms with E-state index in [-0.39, 0.29) is 12.0 Å². The fourth-order valence-electron chi connectivity index (χ4n) is 2.42. The molecular formula is C15H17N3O2. The molecular weight excluding hydrogens is 254 g/mol. The molecule has 20 heavy (non-hydrogen) atoms. The number of piperidine rings is 1. The third-order valence-electron chi connectivity index (χ3n) is 3.62. The fourth-order valence-corrected chi connectivity index (χ4v) is 2.42. The molecule has 0 atom stereocenters. The number of rotatable bonds is 2. The average molecular weight is 271 g/mol. The largest absolute Gasteiger partial charge is 0.393 e. The second-order valence-corrected chi connectivity index (χ2v) is 5.00. The molecule has 0 aliphatic carbocycles. The summed E-state index contributed by atoms with van der Waals surface area (Å²) >= 11 is 0. The third kappa shape index (κ3) is 2.58. The molecule has 2 aromatic heterocycles. The lowest BCUT2D eigenvalue weighted by atomic mass is 10.1. The topological polar surface area (TPSA) is 57.8 Å². The Balaban J connectivity index is 1.72. The number of aliphatic hydroxyl groups excluding tert-OH is 1. The van der Waals surface area contributed by atoms with Crippen LogP contribution in [0.1, 0.15) is 18.5 Å². The number of imidazole rings is 1. The fraction of sp³-hybridized carbons (Fsp3) is 0.333. The zero-order chi connectivity index (χ0) is 13.9. The molecule has 0 saturated carbocycles. The van der Waals surface area contributed by atoms with Gasteiger partial charge in [-0.1, -0.05) is 6.07 Å². The van der Waals surface area contributed by atoms with Crippen LogP contribution in [0.4, 0.5) is 0 Å². The molecule has 3 rings (SSSR count). The number of aliphatic hydroxyl groups is 1. The van der Waals surface area contributed by atoms with Crippen LogP contribution >= 0.6 is 0 Å². The summed E-state index contributed by atoms with van der Waals surface area (Å²) in [6.07, 6.45) is 8.09. The van der Waals surface area contributed by atoms with Crippen LogP contribution in [0.15, 0.2) is 36.7 Å². The highest BCUT2D eigenvalue weighted by atomic mass is 16.3. The van der Waals surface area contributed by atoms with E-state index in [0.29, 0.717) is 25.9 Å². The number of amides is 1. The van der Waals surface area contributed by atoms with Gasteiger partial charge in [-0.2, -0.15) is 0 Å². The summed E-state index contributed by atoms with van der Waals surface area (Å²) in [6, 6.07) is 5.78. The maximum Gasteiger partial charge on any atom is 0.246 e. The zero-order valence-electron chi connectivity index (χ0n) is 11.1. The summed E-state index contributed by atoms with van der Waals surface area (Å²) in [4.78, 5) is 18.1. The van der Waals surface area contributed by atoms with Gasteiger partial charge in [-0.05, 0) is 31.1 Å². The molecule has 1 N–H and O–H groups in total. The number of hydrogen-bond donors (Lipinski definition) is 1. The van der Waals surface area contributed by atoms with Crippen molar-refractivity contribution in [2.75, 3.05) is 13.1 Å². The lowest BCUT2D eigenvalue weighted by molar-refractivity contribution is -0.127. The SMILES string of the molecule is O=C(/C=C/c1cnc2ccccn12)N1CCC(O)CC1. The summed E-state index contributed by atoms with van der Waals surface area (Å²) in [5, 5.41) is 9.44. The first kappa shape index (κ1) is 12.9. The highest BCUT2D eigenvalue weighted by Gasteiger charge is 2.19. The van der Waals surface area contributed by atoms with Gasteiger partial charge in [-0.15, -0.1) is 0 Å². The molecule has 0 spiro atoms. The second-order valence-electron chi connectivity index (χ2n) is 5.00. The van der Waals surface area contributed by atoms with E-state index in [1.165, 1.54) is 0 Å². The molecule has 1 saturated heterocycles. The van der Waals surface area contributed by atoms with Crippen LogP contribution in [0.3, 0.4) is 0 Å². The summed E-state index contributed by atoms with van der Waals surface area (Å²) < 4.78 is 1.93. The normalized spacial score (nSPS) is 17.1. The van der Waals surface area contributed by atoms with Gasteiger partial charge in [0.25, 0.3) is 0 Å². The van der Waals surface area contributed by atoms with Gasteiger partial charge in [-0.25, -0.2) is 4.98 Å². The third-order valence-corrected chi connectivity index (χ3v) is 3.62. The van der Waals surface area contributed by atoms with Crippen molar-refractivity contribution in [3.05, 3.63) is 42.4 Å². The Morgan fingerprint density at radius 2 is 2.15 bits per heavy atom. The predicted molar refractivity (Wildman–Crippen MR) is 76.0 cm³/mol. The van der Waals surface area contributed by atoms with Crippen LogP contribution in [-0.4, -0.2) is 44.5 Å². The summed E-state index contributed by atoms with van der Waals surface area (Å²) in [5.41, 5.74) is 1.74. The van der Waals surface area contributed by atoms with Crippen LogP contribution in [0.2, 0.25) is 0 Å². The maximum atomic E-state index is 12.1. The average Bonchev–Trinajstić information content (AvgIpc) is 2.89. The first-order valence-corrected chi connectivity index (χ1v) is 6.81. The van der Waals surface area contributed by atoms with Crippen LogP contribution in [0, 0.1) is 0 Å². The van der Waals surface area contributed by atoms with Crippen molar-refractivity contribution in [1.82, 2.24) is 14.3 Å².